The summed E-state index contributed by atoms with van der Waals surface area (Å²) in [7, 11) is 0. The molecule has 0 spiro atoms. The maximum atomic E-state index is 10.1. The normalized spacial score (nSPS) is 11.6. The number of hydrogen-bond donors (Lipinski definition) is 2. The van der Waals surface area contributed by atoms with Crippen molar-refractivity contribution in [3.8, 4) is 0 Å². The van der Waals surface area contributed by atoms with E-state index in [4.69, 9.17) is 5.11 Å². The van der Waals surface area contributed by atoms with Crippen molar-refractivity contribution in [2.24, 2.45) is 0 Å². The van der Waals surface area contributed by atoms with Gasteiger partial charge in [0.25, 0.3) is 0 Å². The Hall–Kier alpha value is -0.440. The number of carboxylic acids is 1. The second-order valence-electron chi connectivity index (χ2n) is 1.70. The molecule has 0 aliphatic rings. The molecule has 9 heavy (non-hydrogen) atoms. The highest BCUT2D eigenvalue weighted by molar-refractivity contribution is 7.80. The zero-order valence-electron chi connectivity index (χ0n) is 5.29. The van der Waals surface area contributed by atoms with Gasteiger partial charge in [0.2, 0.25) is 0 Å². The molecule has 0 radical (unpaired) electrons. The summed E-state index contributed by atoms with van der Waals surface area (Å²) in [6.07, 6.45) is 2.39. The highest BCUT2D eigenvalue weighted by Crippen LogP contribution is 1.95. The molecule has 0 aliphatic heterocycles. The first-order valence-corrected chi connectivity index (χ1v) is 3.32. The summed E-state index contributed by atoms with van der Waals surface area (Å²) in [5, 5.41) is 8.32. The summed E-state index contributed by atoms with van der Waals surface area (Å²) in [6.45, 7) is 1.58. The summed E-state index contributed by atoms with van der Waals surface area (Å²) in [6, 6.07) is 0. The van der Waals surface area contributed by atoms with Gasteiger partial charge in [-0.05, 0) is 19.1 Å². The quantitative estimate of drug-likeness (QED) is 0.465. The van der Waals surface area contributed by atoms with Gasteiger partial charge in [0.1, 0.15) is 0 Å². The molecule has 52 valence electrons. The summed E-state index contributed by atoms with van der Waals surface area (Å²) in [4.78, 5) is 10.1. The van der Waals surface area contributed by atoms with Crippen molar-refractivity contribution in [1.29, 1.82) is 0 Å². The van der Waals surface area contributed by atoms with E-state index in [-0.39, 0.29) is 0 Å². The highest BCUT2D eigenvalue weighted by Gasteiger charge is 1.95. The molecule has 0 aromatic carbocycles. The Labute approximate surface area is 60.0 Å². The minimum Gasteiger partial charge on any atom is -0.478 e. The molecule has 0 saturated heterocycles. The van der Waals surface area contributed by atoms with E-state index in [0.29, 0.717) is 11.3 Å². The first kappa shape index (κ1) is 8.56. The molecule has 0 unspecified atom stereocenters. The average Bonchev–Trinajstić information content (AvgIpc) is 1.82. The van der Waals surface area contributed by atoms with Crippen LogP contribution < -0.4 is 0 Å². The molecule has 0 heterocycles. The van der Waals surface area contributed by atoms with E-state index < -0.39 is 5.97 Å². The number of allylic oxidation sites excluding steroid dienone is 1. The van der Waals surface area contributed by atoms with Gasteiger partial charge in [-0.2, -0.15) is 12.6 Å². The van der Waals surface area contributed by atoms with Crippen molar-refractivity contribution >= 4 is 18.6 Å². The molecule has 0 aliphatic carbocycles. The minimum absolute atomic E-state index is 0.393. The van der Waals surface area contributed by atoms with Crippen LogP contribution in [0.25, 0.3) is 0 Å². The van der Waals surface area contributed by atoms with Gasteiger partial charge >= 0.3 is 5.97 Å². The van der Waals surface area contributed by atoms with Crippen LogP contribution in [0.1, 0.15) is 13.3 Å². The van der Waals surface area contributed by atoms with Crippen LogP contribution >= 0.6 is 12.6 Å². The van der Waals surface area contributed by atoms with Crippen molar-refractivity contribution < 1.29 is 9.90 Å². The van der Waals surface area contributed by atoms with Gasteiger partial charge in [-0.15, -0.1) is 0 Å². The van der Waals surface area contributed by atoms with E-state index in [1.165, 1.54) is 0 Å². The Bertz CT molecular complexity index is 129. The van der Waals surface area contributed by atoms with E-state index in [1.54, 1.807) is 13.0 Å². The molecule has 0 fully saturated rings. The first-order valence-electron chi connectivity index (χ1n) is 2.69. The predicted octanol–water partition coefficient (Wildman–Crippen LogP) is 1.34. The largest absolute Gasteiger partial charge is 0.478 e. The molecule has 0 bridgehead atoms. The second-order valence-corrected chi connectivity index (χ2v) is 2.15. The fourth-order valence-electron chi connectivity index (χ4n) is 0.368. The van der Waals surface area contributed by atoms with E-state index in [1.807, 2.05) is 0 Å². The van der Waals surface area contributed by atoms with Gasteiger partial charge < -0.3 is 5.11 Å². The van der Waals surface area contributed by atoms with Crippen LogP contribution in [-0.4, -0.2) is 16.8 Å². The van der Waals surface area contributed by atoms with Gasteiger partial charge in [-0.1, -0.05) is 6.08 Å². The number of rotatable bonds is 3. The number of hydrogen-bond acceptors (Lipinski definition) is 2. The van der Waals surface area contributed by atoms with Crippen LogP contribution in [0.5, 0.6) is 0 Å². The highest BCUT2D eigenvalue weighted by atomic mass is 32.1. The summed E-state index contributed by atoms with van der Waals surface area (Å²) in [5.74, 6) is -0.151. The molecule has 2 nitrogen and oxygen atoms in total. The standard InChI is InChI=1S/C6H10O2S/c1-5(6(7)8)3-2-4-9/h3,9H,2,4H2,1H3,(H,7,8)/b5-3+. The van der Waals surface area contributed by atoms with Crippen LogP contribution in [0.2, 0.25) is 0 Å². The maximum absolute atomic E-state index is 10.1. The smallest absolute Gasteiger partial charge is 0.330 e. The summed E-state index contributed by atoms with van der Waals surface area (Å²) < 4.78 is 0. The van der Waals surface area contributed by atoms with Crippen molar-refractivity contribution in [3.63, 3.8) is 0 Å². The zero-order valence-corrected chi connectivity index (χ0v) is 6.19. The number of carboxylic acid groups (broad SMARTS) is 1. The van der Waals surface area contributed by atoms with Gasteiger partial charge in [-0.25, -0.2) is 4.79 Å². The Kier molecular flexibility index (Phi) is 4.22. The predicted molar refractivity (Wildman–Crippen MR) is 39.9 cm³/mol. The number of aliphatic carboxylic acids is 1. The second kappa shape index (κ2) is 4.44. The summed E-state index contributed by atoms with van der Waals surface area (Å²) >= 11 is 3.93. The van der Waals surface area contributed by atoms with Crippen LogP contribution in [0.4, 0.5) is 0 Å². The van der Waals surface area contributed by atoms with E-state index >= 15 is 0 Å². The van der Waals surface area contributed by atoms with E-state index in [2.05, 4.69) is 12.6 Å². The molecular weight excluding hydrogens is 136 g/mol. The summed E-state index contributed by atoms with van der Waals surface area (Å²) in [5.41, 5.74) is 0.393. The third-order valence-corrected chi connectivity index (χ3v) is 1.18. The van der Waals surface area contributed by atoms with Crippen molar-refractivity contribution in [1.82, 2.24) is 0 Å². The molecule has 3 heteroatoms. The lowest BCUT2D eigenvalue weighted by Gasteiger charge is -1.89. The Morgan fingerprint density at radius 3 is 2.67 bits per heavy atom. The molecular formula is C6H10O2S. The topological polar surface area (TPSA) is 37.3 Å². The Balaban J connectivity index is 3.69. The third kappa shape index (κ3) is 4.09. The number of carbonyl (C=O) groups is 1. The minimum atomic E-state index is -0.850. The first-order chi connectivity index (χ1) is 4.18. The lowest BCUT2D eigenvalue weighted by Crippen LogP contribution is -1.95. The van der Waals surface area contributed by atoms with Crippen molar-refractivity contribution in [2.75, 3.05) is 5.75 Å². The van der Waals surface area contributed by atoms with E-state index in [9.17, 15) is 4.79 Å². The molecule has 0 saturated carbocycles. The van der Waals surface area contributed by atoms with Crippen molar-refractivity contribution in [2.45, 2.75) is 13.3 Å². The molecule has 0 rings (SSSR count). The Morgan fingerprint density at radius 1 is 1.78 bits per heavy atom. The van der Waals surface area contributed by atoms with E-state index in [0.717, 1.165) is 6.42 Å². The molecule has 0 atom stereocenters. The average molecular weight is 146 g/mol. The third-order valence-electron chi connectivity index (χ3n) is 0.917. The zero-order chi connectivity index (χ0) is 7.28. The van der Waals surface area contributed by atoms with Crippen LogP contribution in [-0.2, 0) is 4.79 Å². The van der Waals surface area contributed by atoms with Crippen LogP contribution in [0.3, 0.4) is 0 Å². The molecule has 1 N–H and O–H groups in total. The molecule has 0 aromatic rings. The van der Waals surface area contributed by atoms with Crippen LogP contribution in [0.15, 0.2) is 11.6 Å². The molecule has 0 amide bonds. The van der Waals surface area contributed by atoms with Gasteiger partial charge in [0.05, 0.1) is 0 Å². The monoisotopic (exact) mass is 146 g/mol. The lowest BCUT2D eigenvalue weighted by molar-refractivity contribution is -0.132. The van der Waals surface area contributed by atoms with Gasteiger partial charge in [0.15, 0.2) is 0 Å². The fourth-order valence-corrected chi connectivity index (χ4v) is 0.497. The lowest BCUT2D eigenvalue weighted by atomic mass is 10.2. The number of thiol groups is 1. The Morgan fingerprint density at radius 2 is 2.33 bits per heavy atom. The molecule has 0 aromatic heterocycles. The SMILES string of the molecule is C/C(=C\CCS)C(=O)O. The van der Waals surface area contributed by atoms with Crippen LogP contribution in [0, 0.1) is 0 Å². The maximum Gasteiger partial charge on any atom is 0.330 e. The fraction of sp³-hybridized carbons (Fsp3) is 0.500. The van der Waals surface area contributed by atoms with Gasteiger partial charge in [0, 0.05) is 5.57 Å². The van der Waals surface area contributed by atoms with Crippen molar-refractivity contribution in [3.05, 3.63) is 11.6 Å². The van der Waals surface area contributed by atoms with Gasteiger partial charge in [-0.3, -0.25) is 0 Å².